The predicted molar refractivity (Wildman–Crippen MR) is 110 cm³/mol. The molecule has 156 valence electrons. The van der Waals surface area contributed by atoms with Gasteiger partial charge in [0, 0.05) is 43.0 Å². The summed E-state index contributed by atoms with van der Waals surface area (Å²) in [6.45, 7) is 0.654. The van der Waals surface area contributed by atoms with Crippen LogP contribution in [0.2, 0.25) is 5.02 Å². The van der Waals surface area contributed by atoms with Crippen LogP contribution >= 0.6 is 11.6 Å². The average Bonchev–Trinajstić information content (AvgIpc) is 2.99. The average molecular weight is 431 g/mol. The van der Waals surface area contributed by atoms with Gasteiger partial charge in [0.25, 0.3) is 17.4 Å². The number of carbonyl (C=O) groups is 2. The number of ketones is 1. The number of hydrogen-bond acceptors (Lipinski definition) is 6. The largest absolute Gasteiger partial charge is 0.507 e. The summed E-state index contributed by atoms with van der Waals surface area (Å²) in [4.78, 5) is 37.2. The zero-order valence-corrected chi connectivity index (χ0v) is 16.8. The lowest BCUT2D eigenvalue weighted by Gasteiger charge is -2.25. The second-order valence-electron chi connectivity index (χ2n) is 6.69. The molecular weight excluding hydrogens is 412 g/mol. The van der Waals surface area contributed by atoms with Crippen LogP contribution in [0.4, 0.5) is 5.69 Å². The number of halogens is 1. The fourth-order valence-corrected chi connectivity index (χ4v) is 3.50. The molecule has 1 amide bonds. The molecule has 1 fully saturated rings. The molecular formula is C21H19ClN2O6. The lowest BCUT2D eigenvalue weighted by molar-refractivity contribution is -0.384. The van der Waals surface area contributed by atoms with Gasteiger partial charge in [0.1, 0.15) is 5.76 Å². The molecule has 1 N–H and O–H groups in total. The van der Waals surface area contributed by atoms with E-state index in [4.69, 9.17) is 16.3 Å². The molecule has 1 aliphatic heterocycles. The maximum absolute atomic E-state index is 12.8. The molecule has 1 heterocycles. The molecule has 9 heteroatoms. The van der Waals surface area contributed by atoms with E-state index in [2.05, 4.69) is 0 Å². The number of methoxy groups -OCH3 is 1. The third-order valence-electron chi connectivity index (χ3n) is 4.82. The van der Waals surface area contributed by atoms with E-state index in [1.54, 1.807) is 31.4 Å². The summed E-state index contributed by atoms with van der Waals surface area (Å²) in [7, 11) is 1.54. The zero-order valence-electron chi connectivity index (χ0n) is 16.1. The van der Waals surface area contributed by atoms with Gasteiger partial charge < -0.3 is 14.7 Å². The number of nitro groups is 1. The van der Waals surface area contributed by atoms with Gasteiger partial charge in [-0.2, -0.15) is 0 Å². The number of likely N-dealkylation sites (tertiary alicyclic amines) is 1. The molecule has 0 spiro atoms. The Kier molecular flexibility index (Phi) is 6.49. The molecule has 3 rings (SSSR count). The Morgan fingerprint density at radius 3 is 2.37 bits per heavy atom. The van der Waals surface area contributed by atoms with Crippen molar-refractivity contribution in [3.8, 4) is 0 Å². The number of amides is 1. The standard InChI is InChI=1S/C21H19ClN2O6/c1-30-12-2-11-23-18(13-3-7-15(22)8-4-13)17(20(26)21(23)27)19(25)14-5-9-16(10-6-14)24(28)29/h3-10,18,25H,2,11-12H2,1H3/b19-17-. The number of rotatable bonds is 7. The topological polar surface area (TPSA) is 110 Å². The van der Waals surface area contributed by atoms with E-state index in [0.29, 0.717) is 23.6 Å². The smallest absolute Gasteiger partial charge is 0.295 e. The second kappa shape index (κ2) is 9.06. The van der Waals surface area contributed by atoms with Gasteiger partial charge in [0.05, 0.1) is 16.5 Å². The van der Waals surface area contributed by atoms with Crippen molar-refractivity contribution < 1.29 is 24.4 Å². The third-order valence-corrected chi connectivity index (χ3v) is 5.08. The SMILES string of the molecule is COCCCN1C(=O)C(=O)/C(=C(\O)c2ccc([N+](=O)[O-])cc2)C1c1ccc(Cl)cc1. The van der Waals surface area contributed by atoms with Crippen molar-refractivity contribution in [3.05, 3.63) is 80.4 Å². The van der Waals surface area contributed by atoms with Gasteiger partial charge in [-0.1, -0.05) is 23.7 Å². The summed E-state index contributed by atoms with van der Waals surface area (Å²) < 4.78 is 5.04. The summed E-state index contributed by atoms with van der Waals surface area (Å²) in [5, 5.41) is 22.2. The molecule has 1 saturated heterocycles. The molecule has 0 aromatic heterocycles. The first kappa shape index (κ1) is 21.5. The van der Waals surface area contributed by atoms with Crippen LogP contribution in [-0.4, -0.2) is 46.9 Å². The van der Waals surface area contributed by atoms with Crippen molar-refractivity contribution in [2.75, 3.05) is 20.3 Å². The lowest BCUT2D eigenvalue weighted by atomic mass is 9.95. The molecule has 2 aromatic rings. The number of hydrogen-bond donors (Lipinski definition) is 1. The van der Waals surface area contributed by atoms with Crippen molar-refractivity contribution in [3.63, 3.8) is 0 Å². The van der Waals surface area contributed by atoms with Crippen LogP contribution in [0, 0.1) is 10.1 Å². The molecule has 0 saturated carbocycles. The molecule has 8 nitrogen and oxygen atoms in total. The van der Waals surface area contributed by atoms with Crippen molar-refractivity contribution >= 4 is 34.7 Å². The molecule has 0 aliphatic carbocycles. The Hall–Kier alpha value is -3.23. The molecule has 0 bridgehead atoms. The first-order valence-electron chi connectivity index (χ1n) is 9.12. The van der Waals surface area contributed by atoms with Crippen molar-refractivity contribution in [1.82, 2.24) is 4.90 Å². The normalized spacial score (nSPS) is 18.1. The quantitative estimate of drug-likeness (QED) is 0.179. The van der Waals surface area contributed by atoms with E-state index < -0.39 is 28.4 Å². The first-order chi connectivity index (χ1) is 14.3. The highest BCUT2D eigenvalue weighted by Crippen LogP contribution is 2.39. The lowest BCUT2D eigenvalue weighted by Crippen LogP contribution is -2.31. The van der Waals surface area contributed by atoms with Crippen LogP contribution in [0.25, 0.3) is 5.76 Å². The van der Waals surface area contributed by atoms with Gasteiger partial charge in [0.15, 0.2) is 0 Å². The van der Waals surface area contributed by atoms with Gasteiger partial charge in [-0.3, -0.25) is 19.7 Å². The Bertz CT molecular complexity index is 1000. The predicted octanol–water partition coefficient (Wildman–Crippen LogP) is 3.71. The van der Waals surface area contributed by atoms with E-state index in [0.717, 1.165) is 0 Å². The highest BCUT2D eigenvalue weighted by Gasteiger charge is 2.45. The van der Waals surface area contributed by atoms with E-state index in [-0.39, 0.29) is 23.4 Å². The van der Waals surface area contributed by atoms with Crippen LogP contribution in [0.3, 0.4) is 0 Å². The van der Waals surface area contributed by atoms with E-state index >= 15 is 0 Å². The summed E-state index contributed by atoms with van der Waals surface area (Å²) in [6.07, 6.45) is 0.505. The van der Waals surface area contributed by atoms with Crippen LogP contribution in [-0.2, 0) is 14.3 Å². The number of aliphatic hydroxyl groups is 1. The summed E-state index contributed by atoms with van der Waals surface area (Å²) in [6, 6.07) is 11.0. The highest BCUT2D eigenvalue weighted by atomic mass is 35.5. The number of aliphatic hydroxyl groups excluding tert-OH is 1. The van der Waals surface area contributed by atoms with Crippen molar-refractivity contribution in [2.24, 2.45) is 0 Å². The van der Waals surface area contributed by atoms with Crippen molar-refractivity contribution in [2.45, 2.75) is 12.5 Å². The molecule has 1 atom stereocenters. The maximum Gasteiger partial charge on any atom is 0.295 e. The minimum Gasteiger partial charge on any atom is -0.507 e. The number of Topliss-reactive ketones (excluding diaryl/α,β-unsaturated/α-hetero) is 1. The van der Waals surface area contributed by atoms with E-state index in [1.807, 2.05) is 0 Å². The first-order valence-corrected chi connectivity index (χ1v) is 9.50. The van der Waals surface area contributed by atoms with E-state index in [1.165, 1.54) is 29.2 Å². The number of nitro benzene ring substituents is 1. The fraction of sp³-hybridized carbons (Fsp3) is 0.238. The zero-order chi connectivity index (χ0) is 21.8. The highest BCUT2D eigenvalue weighted by molar-refractivity contribution is 6.46. The van der Waals surface area contributed by atoms with Gasteiger partial charge in [-0.05, 0) is 36.2 Å². The summed E-state index contributed by atoms with van der Waals surface area (Å²) >= 11 is 5.97. The minimum atomic E-state index is -0.816. The van der Waals surface area contributed by atoms with Gasteiger partial charge in [-0.15, -0.1) is 0 Å². The fourth-order valence-electron chi connectivity index (χ4n) is 3.38. The van der Waals surface area contributed by atoms with Crippen LogP contribution in [0.15, 0.2) is 54.1 Å². The number of benzene rings is 2. The number of nitrogens with zero attached hydrogens (tertiary/aromatic N) is 2. The van der Waals surface area contributed by atoms with Crippen LogP contribution in [0.1, 0.15) is 23.6 Å². The Labute approximate surface area is 177 Å². The van der Waals surface area contributed by atoms with Crippen molar-refractivity contribution in [1.29, 1.82) is 0 Å². The molecule has 30 heavy (non-hydrogen) atoms. The number of ether oxygens (including phenoxy) is 1. The Morgan fingerprint density at radius 1 is 1.17 bits per heavy atom. The van der Waals surface area contributed by atoms with E-state index in [9.17, 15) is 24.8 Å². The molecule has 1 aliphatic rings. The van der Waals surface area contributed by atoms with Crippen LogP contribution < -0.4 is 0 Å². The second-order valence-corrected chi connectivity index (χ2v) is 7.13. The monoisotopic (exact) mass is 430 g/mol. The third kappa shape index (κ3) is 4.19. The summed E-state index contributed by atoms with van der Waals surface area (Å²) in [5.41, 5.74) is 0.586. The van der Waals surface area contributed by atoms with Gasteiger partial charge in [0.2, 0.25) is 0 Å². The minimum absolute atomic E-state index is 0.0754. The van der Waals surface area contributed by atoms with Crippen LogP contribution in [0.5, 0.6) is 0 Å². The number of non-ortho nitro benzene ring substituents is 1. The summed E-state index contributed by atoms with van der Waals surface area (Å²) in [5.74, 6) is -1.94. The number of carbonyl (C=O) groups excluding carboxylic acids is 2. The maximum atomic E-state index is 12.8. The molecule has 0 radical (unpaired) electrons. The molecule has 1 unspecified atom stereocenters. The molecule has 2 aromatic carbocycles. The van der Waals surface area contributed by atoms with Gasteiger partial charge >= 0.3 is 0 Å². The van der Waals surface area contributed by atoms with Gasteiger partial charge in [-0.25, -0.2) is 0 Å². The Balaban J connectivity index is 2.09. The Morgan fingerprint density at radius 2 is 1.80 bits per heavy atom.